The summed E-state index contributed by atoms with van der Waals surface area (Å²) in [7, 11) is 0. The van der Waals surface area contributed by atoms with Crippen molar-refractivity contribution in [1.82, 2.24) is 15.0 Å². The van der Waals surface area contributed by atoms with E-state index in [0.29, 0.717) is 18.2 Å². The second-order valence-electron chi connectivity index (χ2n) is 5.05. The van der Waals surface area contributed by atoms with Crippen LogP contribution < -0.4 is 5.73 Å². The van der Waals surface area contributed by atoms with Gasteiger partial charge >= 0.3 is 5.97 Å². The molecule has 0 aliphatic carbocycles. The van der Waals surface area contributed by atoms with E-state index in [0.717, 1.165) is 17.8 Å². The molecule has 0 radical (unpaired) electrons. The molecule has 1 aromatic carbocycles. The SMILES string of the molecule is CC(C)Cc1c(CN)nnn1-c1cccc(C(=O)O)c1. The highest BCUT2D eigenvalue weighted by Crippen LogP contribution is 2.17. The smallest absolute Gasteiger partial charge is 0.335 e. The highest BCUT2D eigenvalue weighted by atomic mass is 16.4. The molecule has 6 nitrogen and oxygen atoms in total. The molecule has 20 heavy (non-hydrogen) atoms. The van der Waals surface area contributed by atoms with E-state index in [2.05, 4.69) is 24.2 Å². The number of carboxylic acids is 1. The highest BCUT2D eigenvalue weighted by molar-refractivity contribution is 5.88. The summed E-state index contributed by atoms with van der Waals surface area (Å²) in [6.07, 6.45) is 0.789. The van der Waals surface area contributed by atoms with E-state index in [9.17, 15) is 4.79 Å². The lowest BCUT2D eigenvalue weighted by molar-refractivity contribution is 0.0697. The average molecular weight is 274 g/mol. The summed E-state index contributed by atoms with van der Waals surface area (Å²) >= 11 is 0. The van der Waals surface area contributed by atoms with E-state index in [4.69, 9.17) is 10.8 Å². The molecule has 106 valence electrons. The minimum atomic E-state index is -0.962. The Hall–Kier alpha value is -2.21. The zero-order valence-corrected chi connectivity index (χ0v) is 11.6. The normalized spacial score (nSPS) is 11.0. The number of aromatic nitrogens is 3. The average Bonchev–Trinajstić information content (AvgIpc) is 2.81. The first kappa shape index (κ1) is 14.2. The number of hydrogen-bond acceptors (Lipinski definition) is 4. The van der Waals surface area contributed by atoms with Gasteiger partial charge in [-0.1, -0.05) is 25.1 Å². The maximum atomic E-state index is 11.0. The first-order valence-corrected chi connectivity index (χ1v) is 6.50. The maximum absolute atomic E-state index is 11.0. The minimum Gasteiger partial charge on any atom is -0.478 e. The molecule has 0 bridgehead atoms. The molecule has 1 aromatic heterocycles. The molecular weight excluding hydrogens is 256 g/mol. The lowest BCUT2D eigenvalue weighted by atomic mass is 10.1. The zero-order chi connectivity index (χ0) is 14.7. The van der Waals surface area contributed by atoms with Crippen molar-refractivity contribution in [3.63, 3.8) is 0 Å². The third-order valence-electron chi connectivity index (χ3n) is 2.98. The molecule has 6 heteroatoms. The van der Waals surface area contributed by atoms with Gasteiger partial charge in [-0.25, -0.2) is 9.48 Å². The number of rotatable bonds is 5. The molecule has 0 amide bonds. The Morgan fingerprint density at radius 1 is 1.45 bits per heavy atom. The Labute approximate surface area is 117 Å². The van der Waals surface area contributed by atoms with Crippen LogP contribution in [0.5, 0.6) is 0 Å². The molecular formula is C14H18N4O2. The standard InChI is InChI=1S/C14H18N4O2/c1-9(2)6-13-12(8-15)16-17-18(13)11-5-3-4-10(7-11)14(19)20/h3-5,7,9H,6,8,15H2,1-2H3,(H,19,20). The van der Waals surface area contributed by atoms with Crippen LogP contribution in [0.3, 0.4) is 0 Å². The fourth-order valence-corrected chi connectivity index (χ4v) is 2.06. The van der Waals surface area contributed by atoms with E-state index in [-0.39, 0.29) is 5.56 Å². The molecule has 0 fully saturated rings. The molecule has 3 N–H and O–H groups in total. The van der Waals surface area contributed by atoms with Crippen LogP contribution in [0.4, 0.5) is 0 Å². The molecule has 0 aliphatic rings. The molecule has 0 aliphatic heterocycles. The van der Waals surface area contributed by atoms with E-state index in [1.54, 1.807) is 22.9 Å². The first-order valence-electron chi connectivity index (χ1n) is 6.50. The number of nitrogens with zero attached hydrogens (tertiary/aromatic N) is 3. The van der Waals surface area contributed by atoms with Gasteiger partial charge in [0.1, 0.15) is 0 Å². The van der Waals surface area contributed by atoms with Crippen LogP contribution in [-0.4, -0.2) is 26.1 Å². The van der Waals surface area contributed by atoms with Gasteiger partial charge in [0.25, 0.3) is 0 Å². The topological polar surface area (TPSA) is 94.0 Å². The van der Waals surface area contributed by atoms with Crippen molar-refractivity contribution in [1.29, 1.82) is 0 Å². The summed E-state index contributed by atoms with van der Waals surface area (Å²) in [6.45, 7) is 4.53. The van der Waals surface area contributed by atoms with Gasteiger partial charge in [-0.15, -0.1) is 5.10 Å². The number of carbonyl (C=O) groups is 1. The second-order valence-corrected chi connectivity index (χ2v) is 5.05. The zero-order valence-electron chi connectivity index (χ0n) is 11.6. The van der Waals surface area contributed by atoms with Gasteiger partial charge in [-0.2, -0.15) is 0 Å². The maximum Gasteiger partial charge on any atom is 0.335 e. The van der Waals surface area contributed by atoms with Crippen LogP contribution >= 0.6 is 0 Å². The Bertz CT molecular complexity index is 619. The number of benzene rings is 1. The fourth-order valence-electron chi connectivity index (χ4n) is 2.06. The second kappa shape index (κ2) is 5.83. The van der Waals surface area contributed by atoms with Crippen molar-refractivity contribution in [2.75, 3.05) is 0 Å². The van der Waals surface area contributed by atoms with Crippen molar-refractivity contribution in [3.05, 3.63) is 41.2 Å². The number of carboxylic acid groups (broad SMARTS) is 1. The quantitative estimate of drug-likeness (QED) is 0.864. The summed E-state index contributed by atoms with van der Waals surface area (Å²) in [5.74, 6) is -0.531. The molecule has 0 unspecified atom stereocenters. The first-order chi connectivity index (χ1) is 9.52. The summed E-state index contributed by atoms with van der Waals surface area (Å²) in [5, 5.41) is 17.2. The van der Waals surface area contributed by atoms with E-state index in [1.807, 2.05) is 6.07 Å². The van der Waals surface area contributed by atoms with E-state index in [1.165, 1.54) is 0 Å². The summed E-state index contributed by atoms with van der Waals surface area (Å²) < 4.78 is 1.68. The molecule has 0 spiro atoms. The Balaban J connectivity index is 2.49. The predicted octanol–water partition coefficient (Wildman–Crippen LogP) is 1.62. The molecule has 0 saturated heterocycles. The summed E-state index contributed by atoms with van der Waals surface area (Å²) in [4.78, 5) is 11.0. The van der Waals surface area contributed by atoms with Crippen LogP contribution in [0, 0.1) is 5.92 Å². The Kier molecular flexibility index (Phi) is 4.14. The van der Waals surface area contributed by atoms with Crippen molar-refractivity contribution in [2.45, 2.75) is 26.8 Å². The fraction of sp³-hybridized carbons (Fsp3) is 0.357. The van der Waals surface area contributed by atoms with Crippen LogP contribution in [0.25, 0.3) is 5.69 Å². The summed E-state index contributed by atoms with van der Waals surface area (Å²) in [6, 6.07) is 6.64. The van der Waals surface area contributed by atoms with Gasteiger partial charge in [-0.05, 0) is 30.5 Å². The minimum absolute atomic E-state index is 0.225. The Morgan fingerprint density at radius 3 is 2.80 bits per heavy atom. The van der Waals surface area contributed by atoms with Gasteiger partial charge in [-0.3, -0.25) is 0 Å². The number of aromatic carboxylic acids is 1. The van der Waals surface area contributed by atoms with Crippen LogP contribution in [0.2, 0.25) is 0 Å². The molecule has 2 rings (SSSR count). The summed E-state index contributed by atoms with van der Waals surface area (Å²) in [5.41, 5.74) is 8.28. The number of hydrogen-bond donors (Lipinski definition) is 2. The van der Waals surface area contributed by atoms with Crippen molar-refractivity contribution < 1.29 is 9.90 Å². The predicted molar refractivity (Wildman–Crippen MR) is 74.8 cm³/mol. The van der Waals surface area contributed by atoms with Crippen molar-refractivity contribution in [3.8, 4) is 5.69 Å². The van der Waals surface area contributed by atoms with Gasteiger partial charge in [0.05, 0.1) is 22.6 Å². The van der Waals surface area contributed by atoms with Gasteiger partial charge in [0, 0.05) is 6.54 Å². The number of nitrogens with two attached hydrogens (primary N) is 1. The Morgan fingerprint density at radius 2 is 2.20 bits per heavy atom. The third kappa shape index (κ3) is 2.85. The monoisotopic (exact) mass is 274 g/mol. The lowest BCUT2D eigenvalue weighted by Gasteiger charge is -2.10. The highest BCUT2D eigenvalue weighted by Gasteiger charge is 2.15. The van der Waals surface area contributed by atoms with Crippen LogP contribution in [-0.2, 0) is 13.0 Å². The van der Waals surface area contributed by atoms with E-state index < -0.39 is 5.97 Å². The molecule has 1 heterocycles. The van der Waals surface area contributed by atoms with Crippen LogP contribution in [0.15, 0.2) is 24.3 Å². The van der Waals surface area contributed by atoms with Crippen molar-refractivity contribution in [2.24, 2.45) is 11.7 Å². The van der Waals surface area contributed by atoms with Gasteiger partial charge < -0.3 is 10.8 Å². The van der Waals surface area contributed by atoms with Crippen LogP contribution in [0.1, 0.15) is 35.6 Å². The van der Waals surface area contributed by atoms with Gasteiger partial charge in [0.2, 0.25) is 0 Å². The van der Waals surface area contributed by atoms with Gasteiger partial charge in [0.15, 0.2) is 0 Å². The lowest BCUT2D eigenvalue weighted by Crippen LogP contribution is -2.09. The largest absolute Gasteiger partial charge is 0.478 e. The van der Waals surface area contributed by atoms with Crippen molar-refractivity contribution >= 4 is 5.97 Å². The molecule has 0 atom stereocenters. The third-order valence-corrected chi connectivity index (χ3v) is 2.98. The molecule has 2 aromatic rings. The van der Waals surface area contributed by atoms with E-state index >= 15 is 0 Å². The molecule has 0 saturated carbocycles.